The lowest BCUT2D eigenvalue weighted by atomic mass is 10.0. The lowest BCUT2D eigenvalue weighted by molar-refractivity contribution is -0.138. The molecule has 3 rings (SSSR count). The summed E-state index contributed by atoms with van der Waals surface area (Å²) in [6.45, 7) is 0.971. The topological polar surface area (TPSA) is 45.2 Å². The Balaban J connectivity index is 1.53. The van der Waals surface area contributed by atoms with Crippen LogP contribution in [-0.4, -0.2) is 30.0 Å². The van der Waals surface area contributed by atoms with Crippen LogP contribution in [0.1, 0.15) is 29.5 Å². The lowest BCUT2D eigenvalue weighted by Crippen LogP contribution is -2.44. The number of anilines is 1. The van der Waals surface area contributed by atoms with Crippen molar-refractivity contribution in [3.05, 3.63) is 64.3 Å². The van der Waals surface area contributed by atoms with Gasteiger partial charge in [0.25, 0.3) is 0 Å². The van der Waals surface area contributed by atoms with Crippen molar-refractivity contribution in [1.82, 2.24) is 10.3 Å². The third kappa shape index (κ3) is 6.15. The smallest absolute Gasteiger partial charge is 0.356 e. The zero-order chi connectivity index (χ0) is 23.5. The van der Waals surface area contributed by atoms with Crippen LogP contribution in [0.25, 0.3) is 6.08 Å². The van der Waals surface area contributed by atoms with Crippen molar-refractivity contribution in [2.45, 2.75) is 31.2 Å². The zero-order valence-corrected chi connectivity index (χ0v) is 17.2. The number of alkyl halides is 6. The van der Waals surface area contributed by atoms with Gasteiger partial charge in [0.15, 0.2) is 0 Å². The molecule has 1 saturated heterocycles. The van der Waals surface area contributed by atoms with Gasteiger partial charge >= 0.3 is 12.4 Å². The van der Waals surface area contributed by atoms with Crippen molar-refractivity contribution in [3.8, 4) is 0 Å². The highest BCUT2D eigenvalue weighted by Gasteiger charge is 2.33. The number of halogens is 7. The molecule has 2 aromatic rings. The van der Waals surface area contributed by atoms with E-state index in [0.717, 1.165) is 30.5 Å². The molecule has 1 aromatic heterocycles. The minimum Gasteiger partial charge on any atom is -0.356 e. The molecule has 0 bridgehead atoms. The number of rotatable bonds is 4. The second kappa shape index (κ2) is 9.40. The fourth-order valence-electron chi connectivity index (χ4n) is 3.28. The Morgan fingerprint density at radius 2 is 1.75 bits per heavy atom. The number of hydrogen-bond donors (Lipinski definition) is 1. The van der Waals surface area contributed by atoms with Crippen molar-refractivity contribution in [2.24, 2.45) is 0 Å². The Hall–Kier alpha value is -2.75. The van der Waals surface area contributed by atoms with E-state index in [-0.39, 0.29) is 11.6 Å². The van der Waals surface area contributed by atoms with Crippen LogP contribution in [0.15, 0.2) is 42.6 Å². The molecule has 0 unspecified atom stereocenters. The molecule has 2 heterocycles. The highest BCUT2D eigenvalue weighted by Crippen LogP contribution is 2.35. The van der Waals surface area contributed by atoms with E-state index in [0.29, 0.717) is 31.7 Å². The summed E-state index contributed by atoms with van der Waals surface area (Å²) < 4.78 is 76.7. The number of benzene rings is 1. The molecule has 172 valence electrons. The van der Waals surface area contributed by atoms with Gasteiger partial charge in [-0.05, 0) is 48.7 Å². The van der Waals surface area contributed by atoms with E-state index in [1.54, 1.807) is 0 Å². The molecular weight excluding hydrogens is 460 g/mol. The third-order valence-electron chi connectivity index (χ3n) is 4.96. The number of carbonyl (C=O) groups is 1. The standard InChI is InChI=1S/C21H18ClF6N3O/c22-17-4-1-13(11-16(17)21(26,27)28)2-6-19(32)30-15-7-9-31(10-8-15)18-5-3-14(12-29-18)20(23,24)25/h1-6,11-12,15H,7-10H2,(H,30,32)/b6-2+. The molecule has 0 radical (unpaired) electrons. The Morgan fingerprint density at radius 3 is 2.31 bits per heavy atom. The van der Waals surface area contributed by atoms with Crippen LogP contribution in [0.4, 0.5) is 32.2 Å². The molecule has 1 aliphatic heterocycles. The number of piperidine rings is 1. The van der Waals surface area contributed by atoms with E-state index in [9.17, 15) is 31.1 Å². The van der Waals surface area contributed by atoms with Crippen LogP contribution in [0.5, 0.6) is 0 Å². The summed E-state index contributed by atoms with van der Waals surface area (Å²) in [6, 6.07) is 5.47. The fraction of sp³-hybridized carbons (Fsp3) is 0.333. The maximum atomic E-state index is 12.9. The molecule has 0 aliphatic carbocycles. The predicted molar refractivity (Wildman–Crippen MR) is 108 cm³/mol. The van der Waals surface area contributed by atoms with E-state index in [4.69, 9.17) is 11.6 Å². The average Bonchev–Trinajstić information content (AvgIpc) is 2.72. The number of pyridine rings is 1. The van der Waals surface area contributed by atoms with Gasteiger partial charge < -0.3 is 10.2 Å². The normalized spacial score (nSPS) is 15.9. The van der Waals surface area contributed by atoms with Crippen molar-refractivity contribution in [1.29, 1.82) is 0 Å². The molecule has 1 N–H and O–H groups in total. The summed E-state index contributed by atoms with van der Waals surface area (Å²) >= 11 is 5.57. The van der Waals surface area contributed by atoms with Crippen LogP contribution in [-0.2, 0) is 17.1 Å². The Bertz CT molecular complexity index is 981. The van der Waals surface area contributed by atoms with Gasteiger partial charge in [-0.1, -0.05) is 17.7 Å². The number of carbonyl (C=O) groups excluding carboxylic acids is 1. The first-order valence-electron chi connectivity index (χ1n) is 9.57. The van der Waals surface area contributed by atoms with Crippen molar-refractivity contribution >= 4 is 29.4 Å². The molecule has 0 saturated carbocycles. The first-order chi connectivity index (χ1) is 14.9. The van der Waals surface area contributed by atoms with Crippen LogP contribution >= 0.6 is 11.6 Å². The monoisotopic (exact) mass is 477 g/mol. The van der Waals surface area contributed by atoms with Gasteiger partial charge in [0.1, 0.15) is 5.82 Å². The largest absolute Gasteiger partial charge is 0.417 e. The SMILES string of the molecule is O=C(/C=C/c1ccc(Cl)c(C(F)(F)F)c1)NC1CCN(c2ccc(C(F)(F)F)cn2)CC1. The summed E-state index contributed by atoms with van der Waals surface area (Å²) in [5.41, 5.74) is -1.62. The van der Waals surface area contributed by atoms with Crippen LogP contribution in [0.3, 0.4) is 0 Å². The zero-order valence-electron chi connectivity index (χ0n) is 16.5. The molecule has 4 nitrogen and oxygen atoms in total. The van der Waals surface area contributed by atoms with Crippen molar-refractivity contribution < 1.29 is 31.1 Å². The summed E-state index contributed by atoms with van der Waals surface area (Å²) in [7, 11) is 0. The number of nitrogens with zero attached hydrogens (tertiary/aromatic N) is 2. The molecule has 1 amide bonds. The maximum absolute atomic E-state index is 12.9. The number of aromatic nitrogens is 1. The first kappa shape index (κ1) is 23.9. The minimum atomic E-state index is -4.60. The Labute approximate surface area is 184 Å². The van der Waals surface area contributed by atoms with Crippen molar-refractivity contribution in [2.75, 3.05) is 18.0 Å². The van der Waals surface area contributed by atoms with Gasteiger partial charge in [-0.3, -0.25) is 4.79 Å². The van der Waals surface area contributed by atoms with E-state index in [1.807, 2.05) is 4.90 Å². The first-order valence-corrected chi connectivity index (χ1v) is 9.95. The Morgan fingerprint density at radius 1 is 1.06 bits per heavy atom. The fourth-order valence-corrected chi connectivity index (χ4v) is 3.50. The van der Waals surface area contributed by atoms with Gasteiger partial charge in [-0.2, -0.15) is 26.3 Å². The molecule has 1 aliphatic rings. The molecular formula is C21H18ClF6N3O. The summed E-state index contributed by atoms with van der Waals surface area (Å²) in [6.07, 6.45) is -4.76. The molecule has 0 atom stereocenters. The minimum absolute atomic E-state index is 0.172. The molecule has 1 fully saturated rings. The van der Waals surface area contributed by atoms with Gasteiger partial charge in [0.05, 0.1) is 16.1 Å². The van der Waals surface area contributed by atoms with Gasteiger partial charge in [-0.25, -0.2) is 4.98 Å². The van der Waals surface area contributed by atoms with E-state index in [2.05, 4.69) is 10.3 Å². The number of nitrogens with one attached hydrogen (secondary N) is 1. The highest BCUT2D eigenvalue weighted by atomic mass is 35.5. The van der Waals surface area contributed by atoms with E-state index < -0.39 is 34.4 Å². The highest BCUT2D eigenvalue weighted by molar-refractivity contribution is 6.31. The quantitative estimate of drug-likeness (QED) is 0.462. The van der Waals surface area contributed by atoms with Crippen LogP contribution < -0.4 is 10.2 Å². The summed E-state index contributed by atoms with van der Waals surface area (Å²) in [5, 5.41) is 2.35. The summed E-state index contributed by atoms with van der Waals surface area (Å²) in [4.78, 5) is 17.8. The molecule has 32 heavy (non-hydrogen) atoms. The number of amides is 1. The molecule has 1 aromatic carbocycles. The second-order valence-electron chi connectivity index (χ2n) is 7.24. The van der Waals surface area contributed by atoms with E-state index in [1.165, 1.54) is 18.2 Å². The Kier molecular flexibility index (Phi) is 7.02. The third-order valence-corrected chi connectivity index (χ3v) is 5.29. The van der Waals surface area contributed by atoms with Crippen LogP contribution in [0, 0.1) is 0 Å². The predicted octanol–water partition coefficient (Wildman–Crippen LogP) is 5.57. The van der Waals surface area contributed by atoms with Gasteiger partial charge in [0, 0.05) is 31.4 Å². The maximum Gasteiger partial charge on any atom is 0.417 e. The molecule has 11 heteroatoms. The van der Waals surface area contributed by atoms with Crippen LogP contribution in [0.2, 0.25) is 5.02 Å². The second-order valence-corrected chi connectivity index (χ2v) is 7.65. The average molecular weight is 478 g/mol. The number of hydrogen-bond acceptors (Lipinski definition) is 3. The van der Waals surface area contributed by atoms with Crippen molar-refractivity contribution in [3.63, 3.8) is 0 Å². The van der Waals surface area contributed by atoms with Gasteiger partial charge in [0.2, 0.25) is 5.91 Å². The van der Waals surface area contributed by atoms with Gasteiger partial charge in [-0.15, -0.1) is 0 Å². The lowest BCUT2D eigenvalue weighted by Gasteiger charge is -2.33. The van der Waals surface area contributed by atoms with E-state index >= 15 is 0 Å². The molecule has 0 spiro atoms. The summed E-state index contributed by atoms with van der Waals surface area (Å²) in [5.74, 6) is -0.0366.